The normalized spacial score (nSPS) is 19.8. The van der Waals surface area contributed by atoms with E-state index in [4.69, 9.17) is 15.0 Å². The van der Waals surface area contributed by atoms with Crippen LogP contribution in [-0.2, 0) is 11.2 Å². The lowest BCUT2D eigenvalue weighted by molar-refractivity contribution is -0.121. The number of carbonyl (C=O) groups is 2. The van der Waals surface area contributed by atoms with Gasteiger partial charge in [0.05, 0.1) is 6.42 Å². The maximum Gasteiger partial charge on any atom is 0.503 e. The molecule has 0 aromatic heterocycles. The highest BCUT2D eigenvalue weighted by Crippen LogP contribution is 2.24. The van der Waals surface area contributed by atoms with Crippen LogP contribution in [0.15, 0.2) is 12.1 Å². The Labute approximate surface area is 144 Å². The van der Waals surface area contributed by atoms with Crippen LogP contribution in [0.25, 0.3) is 0 Å². The number of hydrogen-bond donors (Lipinski definition) is 3. The fourth-order valence-corrected chi connectivity index (χ4v) is 3.44. The summed E-state index contributed by atoms with van der Waals surface area (Å²) in [7, 11) is 0. The van der Waals surface area contributed by atoms with Gasteiger partial charge in [0, 0.05) is 6.04 Å². The highest BCUT2D eigenvalue weighted by molar-refractivity contribution is 5.79. The minimum absolute atomic E-state index is 0.179. The lowest BCUT2D eigenvalue weighted by atomic mass is 9.85. The molecule has 134 valence electrons. The van der Waals surface area contributed by atoms with Gasteiger partial charge >= 0.3 is 6.16 Å². The van der Waals surface area contributed by atoms with Gasteiger partial charge in [-0.15, -0.1) is 0 Å². The molecule has 1 aliphatic rings. The van der Waals surface area contributed by atoms with Crippen molar-refractivity contribution < 1.29 is 19.8 Å². The van der Waals surface area contributed by atoms with Crippen molar-refractivity contribution in [2.75, 3.05) is 0 Å². The number of aryl methyl sites for hydroxylation is 3. The van der Waals surface area contributed by atoms with E-state index >= 15 is 0 Å². The summed E-state index contributed by atoms with van der Waals surface area (Å²) in [6.45, 7) is 8.57. The summed E-state index contributed by atoms with van der Waals surface area (Å²) in [5, 5.41) is 17.2. The Morgan fingerprint density at radius 1 is 1.08 bits per heavy atom. The molecule has 2 unspecified atom stereocenters. The molecule has 0 aliphatic heterocycles. The van der Waals surface area contributed by atoms with E-state index in [0.717, 1.165) is 6.42 Å². The Morgan fingerprint density at radius 3 is 2.08 bits per heavy atom. The molecular weight excluding hydrogens is 306 g/mol. The van der Waals surface area contributed by atoms with Gasteiger partial charge in [-0.1, -0.05) is 37.5 Å². The number of amides is 1. The molecule has 0 radical (unpaired) electrons. The third kappa shape index (κ3) is 6.60. The molecule has 1 aromatic carbocycles. The predicted octanol–water partition coefficient (Wildman–Crippen LogP) is 4.07. The fraction of sp³-hybridized carbons (Fsp3) is 0.579. The van der Waals surface area contributed by atoms with Crippen LogP contribution in [-0.4, -0.2) is 28.3 Å². The van der Waals surface area contributed by atoms with Gasteiger partial charge < -0.3 is 15.5 Å². The van der Waals surface area contributed by atoms with Gasteiger partial charge in [-0.2, -0.15) is 0 Å². The third-order valence-electron chi connectivity index (χ3n) is 4.64. The van der Waals surface area contributed by atoms with E-state index in [1.807, 2.05) is 0 Å². The van der Waals surface area contributed by atoms with Crippen molar-refractivity contribution in [2.24, 2.45) is 5.92 Å². The molecule has 0 spiro atoms. The summed E-state index contributed by atoms with van der Waals surface area (Å²) in [5.74, 6) is 0.798. The second kappa shape index (κ2) is 9.30. The van der Waals surface area contributed by atoms with Crippen LogP contribution in [0.1, 0.15) is 54.9 Å². The zero-order valence-corrected chi connectivity index (χ0v) is 15.1. The number of nitrogens with one attached hydrogen (secondary N) is 1. The van der Waals surface area contributed by atoms with Gasteiger partial charge in [0.25, 0.3) is 0 Å². The quantitative estimate of drug-likeness (QED) is 0.777. The lowest BCUT2D eigenvalue weighted by Crippen LogP contribution is -2.41. The Morgan fingerprint density at radius 2 is 1.58 bits per heavy atom. The van der Waals surface area contributed by atoms with E-state index < -0.39 is 6.16 Å². The van der Waals surface area contributed by atoms with Crippen LogP contribution < -0.4 is 5.32 Å². The number of benzene rings is 1. The first kappa shape index (κ1) is 20.0. The Balaban J connectivity index is 0.000000648. The SMILES string of the molecule is Cc1cc(C)c(CC(=O)NC2CCCCC2C)c(C)c1.O=C(O)O. The first-order valence-corrected chi connectivity index (χ1v) is 8.48. The molecule has 1 saturated carbocycles. The number of hydrogen-bond acceptors (Lipinski definition) is 2. The zero-order chi connectivity index (χ0) is 18.3. The summed E-state index contributed by atoms with van der Waals surface area (Å²) in [6.07, 6.45) is 3.62. The first-order chi connectivity index (χ1) is 11.2. The lowest BCUT2D eigenvalue weighted by Gasteiger charge is -2.29. The molecule has 0 heterocycles. The van der Waals surface area contributed by atoms with Crippen molar-refractivity contribution in [3.8, 4) is 0 Å². The van der Waals surface area contributed by atoms with Crippen molar-refractivity contribution in [2.45, 2.75) is 65.8 Å². The molecule has 1 amide bonds. The first-order valence-electron chi connectivity index (χ1n) is 8.48. The summed E-state index contributed by atoms with van der Waals surface area (Å²) < 4.78 is 0. The average molecular weight is 335 g/mol. The van der Waals surface area contributed by atoms with E-state index in [1.165, 1.54) is 41.5 Å². The van der Waals surface area contributed by atoms with Crippen LogP contribution in [0.2, 0.25) is 0 Å². The molecule has 1 fully saturated rings. The molecule has 0 bridgehead atoms. The highest BCUT2D eigenvalue weighted by Gasteiger charge is 2.23. The van der Waals surface area contributed by atoms with E-state index in [1.54, 1.807) is 0 Å². The highest BCUT2D eigenvalue weighted by atomic mass is 16.6. The molecule has 1 aliphatic carbocycles. The summed E-state index contributed by atoms with van der Waals surface area (Å²) >= 11 is 0. The predicted molar refractivity (Wildman–Crippen MR) is 94.6 cm³/mol. The van der Waals surface area contributed by atoms with Crippen molar-refractivity contribution in [1.29, 1.82) is 0 Å². The van der Waals surface area contributed by atoms with E-state index in [0.29, 0.717) is 18.4 Å². The van der Waals surface area contributed by atoms with E-state index in [9.17, 15) is 4.79 Å². The topological polar surface area (TPSA) is 86.6 Å². The Kier molecular flexibility index (Phi) is 7.75. The van der Waals surface area contributed by atoms with Crippen LogP contribution in [0.4, 0.5) is 4.79 Å². The summed E-state index contributed by atoms with van der Waals surface area (Å²) in [6, 6.07) is 4.71. The zero-order valence-electron chi connectivity index (χ0n) is 15.1. The van der Waals surface area contributed by atoms with Gasteiger partial charge in [-0.3, -0.25) is 4.79 Å². The summed E-state index contributed by atoms with van der Waals surface area (Å²) in [5.41, 5.74) is 4.92. The molecule has 3 N–H and O–H groups in total. The van der Waals surface area contributed by atoms with Gasteiger partial charge in [-0.05, 0) is 56.2 Å². The van der Waals surface area contributed by atoms with Crippen LogP contribution in [0, 0.1) is 26.7 Å². The second-order valence-electron chi connectivity index (χ2n) is 6.77. The molecule has 5 nitrogen and oxygen atoms in total. The monoisotopic (exact) mass is 335 g/mol. The van der Waals surface area contributed by atoms with Gasteiger partial charge in [-0.25, -0.2) is 4.79 Å². The summed E-state index contributed by atoms with van der Waals surface area (Å²) in [4.78, 5) is 20.9. The van der Waals surface area contributed by atoms with Crippen molar-refractivity contribution >= 4 is 12.1 Å². The average Bonchev–Trinajstić information content (AvgIpc) is 2.45. The smallest absolute Gasteiger partial charge is 0.450 e. The van der Waals surface area contributed by atoms with Crippen molar-refractivity contribution in [1.82, 2.24) is 5.32 Å². The van der Waals surface area contributed by atoms with Crippen LogP contribution >= 0.6 is 0 Å². The van der Waals surface area contributed by atoms with E-state index in [2.05, 4.69) is 45.1 Å². The number of carbonyl (C=O) groups excluding carboxylic acids is 1. The number of carboxylic acid groups (broad SMARTS) is 2. The maximum atomic E-state index is 12.3. The molecule has 24 heavy (non-hydrogen) atoms. The molecule has 2 rings (SSSR count). The molecular formula is C19H29NO4. The second-order valence-corrected chi connectivity index (χ2v) is 6.77. The Bertz CT molecular complexity index is 556. The van der Waals surface area contributed by atoms with Gasteiger partial charge in [0.2, 0.25) is 5.91 Å². The molecule has 2 atom stereocenters. The fourth-order valence-electron chi connectivity index (χ4n) is 3.44. The standard InChI is InChI=1S/C18H27NO.CH2O3/c1-12-9-14(3)16(15(4)10-12)11-18(20)19-17-8-6-5-7-13(17)2;2-1(3)4/h9-10,13,17H,5-8,11H2,1-4H3,(H,19,20);(H2,2,3,4). The van der Waals surface area contributed by atoms with Crippen molar-refractivity contribution in [3.63, 3.8) is 0 Å². The van der Waals surface area contributed by atoms with Crippen molar-refractivity contribution in [3.05, 3.63) is 34.4 Å². The van der Waals surface area contributed by atoms with E-state index in [-0.39, 0.29) is 5.91 Å². The maximum absolute atomic E-state index is 12.3. The van der Waals surface area contributed by atoms with Gasteiger partial charge in [0.15, 0.2) is 0 Å². The van der Waals surface area contributed by atoms with Gasteiger partial charge in [0.1, 0.15) is 0 Å². The van der Waals surface area contributed by atoms with Crippen LogP contribution in [0.3, 0.4) is 0 Å². The molecule has 5 heteroatoms. The molecule has 1 aromatic rings. The minimum Gasteiger partial charge on any atom is -0.450 e. The number of rotatable bonds is 3. The molecule has 0 saturated heterocycles. The third-order valence-corrected chi connectivity index (χ3v) is 4.64. The van der Waals surface area contributed by atoms with Crippen LogP contribution in [0.5, 0.6) is 0 Å². The Hall–Kier alpha value is -2.04. The largest absolute Gasteiger partial charge is 0.503 e. The minimum atomic E-state index is -1.83.